The van der Waals surface area contributed by atoms with Gasteiger partial charge in [0.25, 0.3) is 5.72 Å². The Balaban J connectivity index is 2.04. The maximum atomic E-state index is 13.5. The van der Waals surface area contributed by atoms with E-state index in [0.717, 1.165) is 0 Å². The van der Waals surface area contributed by atoms with Crippen LogP contribution in [0.5, 0.6) is 0 Å². The topological polar surface area (TPSA) is 66.0 Å². The van der Waals surface area contributed by atoms with Crippen LogP contribution in [0.4, 0.5) is 13.2 Å². The highest BCUT2D eigenvalue weighted by atomic mass is 35.5. The third kappa shape index (κ3) is 3.03. The molecule has 25 heavy (non-hydrogen) atoms. The number of amides is 1. The van der Waals surface area contributed by atoms with Gasteiger partial charge >= 0.3 is 12.1 Å². The summed E-state index contributed by atoms with van der Waals surface area (Å²) in [6.07, 6.45) is -6.01. The van der Waals surface area contributed by atoms with E-state index >= 15 is 0 Å². The lowest BCUT2D eigenvalue weighted by atomic mass is 10.0. The van der Waals surface area contributed by atoms with Crippen LogP contribution in [-0.4, -0.2) is 33.6 Å². The molecule has 0 fully saturated rings. The Kier molecular flexibility index (Phi) is 4.12. The first-order chi connectivity index (χ1) is 11.6. The summed E-state index contributed by atoms with van der Waals surface area (Å²) in [5.74, 6) is -1.18. The predicted octanol–water partition coefficient (Wildman–Crippen LogP) is 3.74. The number of hydrogen-bond donors (Lipinski definition) is 1. The van der Waals surface area contributed by atoms with Crippen LogP contribution < -0.4 is 0 Å². The molecule has 2 aromatic rings. The van der Waals surface area contributed by atoms with E-state index in [9.17, 15) is 23.1 Å². The molecule has 0 bridgehead atoms. The molecule has 0 aliphatic carbocycles. The minimum atomic E-state index is -5.11. The van der Waals surface area contributed by atoms with E-state index in [-0.39, 0.29) is 16.5 Å². The molecule has 1 aliphatic heterocycles. The van der Waals surface area contributed by atoms with Crippen molar-refractivity contribution in [2.24, 2.45) is 5.10 Å². The zero-order chi connectivity index (χ0) is 18.4. The van der Waals surface area contributed by atoms with Gasteiger partial charge in [-0.05, 0) is 36.8 Å². The molecule has 1 N–H and O–H groups in total. The molecule has 1 amide bonds. The number of furan rings is 1. The van der Waals surface area contributed by atoms with E-state index in [1.54, 1.807) is 6.92 Å². The molecule has 132 valence electrons. The third-order valence-electron chi connectivity index (χ3n) is 3.76. The number of hydrogen-bond acceptors (Lipinski definition) is 4. The molecule has 5 nitrogen and oxygen atoms in total. The molecule has 9 heteroatoms. The summed E-state index contributed by atoms with van der Waals surface area (Å²) in [5, 5.41) is 14.3. The maximum absolute atomic E-state index is 13.5. The van der Waals surface area contributed by atoms with Crippen molar-refractivity contribution in [2.45, 2.75) is 25.2 Å². The van der Waals surface area contributed by atoms with Crippen LogP contribution in [0.15, 0.2) is 45.9 Å². The van der Waals surface area contributed by atoms with Crippen LogP contribution >= 0.6 is 11.6 Å². The molecule has 3 rings (SSSR count). The highest BCUT2D eigenvalue weighted by molar-refractivity contribution is 6.30. The van der Waals surface area contributed by atoms with Gasteiger partial charge in [0.15, 0.2) is 5.76 Å². The number of aliphatic hydroxyl groups is 1. The summed E-state index contributed by atoms with van der Waals surface area (Å²) in [6.45, 7) is 1.54. The second-order valence-corrected chi connectivity index (χ2v) is 6.01. The fourth-order valence-electron chi connectivity index (χ4n) is 2.44. The van der Waals surface area contributed by atoms with E-state index in [0.29, 0.717) is 16.3 Å². The van der Waals surface area contributed by atoms with E-state index < -0.39 is 24.2 Å². The fourth-order valence-corrected chi connectivity index (χ4v) is 2.56. The van der Waals surface area contributed by atoms with Gasteiger partial charge in [-0.2, -0.15) is 23.3 Å². The van der Waals surface area contributed by atoms with Gasteiger partial charge in [0.05, 0.1) is 12.1 Å². The second kappa shape index (κ2) is 5.89. The monoisotopic (exact) mass is 372 g/mol. The molecule has 0 saturated carbocycles. The Bertz CT molecular complexity index is 845. The Morgan fingerprint density at radius 1 is 1.28 bits per heavy atom. The Hall–Kier alpha value is -2.32. The van der Waals surface area contributed by atoms with Crippen molar-refractivity contribution in [3.05, 3.63) is 58.5 Å². The number of alkyl halides is 3. The Labute approximate surface area is 145 Å². The lowest BCUT2D eigenvalue weighted by molar-refractivity contribution is -0.297. The van der Waals surface area contributed by atoms with Crippen molar-refractivity contribution < 1.29 is 27.5 Å². The fraction of sp³-hybridized carbons (Fsp3) is 0.250. The number of carbonyl (C=O) groups is 1. The molecular weight excluding hydrogens is 361 g/mol. The quantitative estimate of drug-likeness (QED) is 0.873. The van der Waals surface area contributed by atoms with Gasteiger partial charge in [-0.25, -0.2) is 0 Å². The predicted molar refractivity (Wildman–Crippen MR) is 83.2 cm³/mol. The van der Waals surface area contributed by atoms with Gasteiger partial charge in [-0.3, -0.25) is 4.79 Å². The summed E-state index contributed by atoms with van der Waals surface area (Å²) < 4.78 is 45.4. The maximum Gasteiger partial charge on any atom is 0.438 e. The number of rotatable bonds is 2. The molecule has 1 aliphatic rings. The number of carbonyl (C=O) groups excluding carboxylic acids is 1. The first-order valence-electron chi connectivity index (χ1n) is 7.15. The molecule has 1 atom stereocenters. The minimum absolute atomic E-state index is 0.0230. The standard InChI is InChI=1S/C16H12ClF3N2O3/c1-9-2-7-13(25-9)14(23)22-15(24,16(18,19)20)8-12(21-22)10-3-5-11(17)6-4-10/h2-7,24H,8H2,1H3/t15-/m1/s1. The third-order valence-corrected chi connectivity index (χ3v) is 4.01. The first kappa shape index (κ1) is 17.5. The van der Waals surface area contributed by atoms with Gasteiger partial charge in [0.2, 0.25) is 0 Å². The van der Waals surface area contributed by atoms with Gasteiger partial charge in [-0.15, -0.1) is 0 Å². The van der Waals surface area contributed by atoms with Crippen LogP contribution in [0.2, 0.25) is 5.02 Å². The normalized spacial score (nSPS) is 20.7. The van der Waals surface area contributed by atoms with Gasteiger partial charge in [-0.1, -0.05) is 23.7 Å². The molecule has 0 spiro atoms. The van der Waals surface area contributed by atoms with Gasteiger partial charge in [0, 0.05) is 5.02 Å². The average molecular weight is 373 g/mol. The second-order valence-electron chi connectivity index (χ2n) is 5.57. The van der Waals surface area contributed by atoms with Crippen molar-refractivity contribution in [1.82, 2.24) is 5.01 Å². The van der Waals surface area contributed by atoms with Crippen LogP contribution in [0, 0.1) is 6.92 Å². The lowest BCUT2D eigenvalue weighted by Crippen LogP contribution is -2.56. The number of benzene rings is 1. The molecule has 0 radical (unpaired) electrons. The molecule has 2 heterocycles. The van der Waals surface area contributed by atoms with Gasteiger partial charge in [0.1, 0.15) is 5.76 Å². The largest absolute Gasteiger partial charge is 0.456 e. The molecule has 1 aromatic carbocycles. The molecule has 0 unspecified atom stereocenters. The van der Waals surface area contributed by atoms with Crippen molar-refractivity contribution in [1.29, 1.82) is 0 Å². The summed E-state index contributed by atoms with van der Waals surface area (Å²) in [6, 6.07) is 8.54. The number of hydrazone groups is 1. The van der Waals surface area contributed by atoms with Crippen molar-refractivity contribution in [2.75, 3.05) is 0 Å². The minimum Gasteiger partial charge on any atom is -0.456 e. The molecule has 0 saturated heterocycles. The van der Waals surface area contributed by atoms with Crippen molar-refractivity contribution in [3.63, 3.8) is 0 Å². The molecular formula is C16H12ClF3N2O3. The first-order valence-corrected chi connectivity index (χ1v) is 7.53. The lowest BCUT2D eigenvalue weighted by Gasteiger charge is -2.32. The highest BCUT2D eigenvalue weighted by Crippen LogP contribution is 2.42. The van der Waals surface area contributed by atoms with Crippen molar-refractivity contribution in [3.8, 4) is 0 Å². The van der Waals surface area contributed by atoms with Crippen LogP contribution in [0.3, 0.4) is 0 Å². The van der Waals surface area contributed by atoms with E-state index in [2.05, 4.69) is 5.10 Å². The summed E-state index contributed by atoms with van der Waals surface area (Å²) >= 11 is 5.76. The zero-order valence-corrected chi connectivity index (χ0v) is 13.6. The van der Waals surface area contributed by atoms with Crippen molar-refractivity contribution >= 4 is 23.2 Å². The summed E-state index contributed by atoms with van der Waals surface area (Å²) in [5.41, 5.74) is -3.23. The smallest absolute Gasteiger partial charge is 0.438 e. The van der Waals surface area contributed by atoms with Crippen LogP contribution in [-0.2, 0) is 0 Å². The van der Waals surface area contributed by atoms with E-state index in [4.69, 9.17) is 16.0 Å². The highest BCUT2D eigenvalue weighted by Gasteiger charge is 2.63. The SMILES string of the molecule is Cc1ccc(C(=O)N2N=C(c3ccc(Cl)cc3)C[C@@]2(O)C(F)(F)F)o1. The number of halogens is 4. The van der Waals surface area contributed by atoms with Crippen LogP contribution in [0.25, 0.3) is 0 Å². The Morgan fingerprint density at radius 3 is 2.44 bits per heavy atom. The van der Waals surface area contributed by atoms with Gasteiger partial charge < -0.3 is 9.52 Å². The Morgan fingerprint density at radius 2 is 1.92 bits per heavy atom. The van der Waals surface area contributed by atoms with E-state index in [1.165, 1.54) is 36.4 Å². The average Bonchev–Trinajstić information content (AvgIpc) is 3.11. The summed E-state index contributed by atoms with van der Waals surface area (Å²) in [4.78, 5) is 12.4. The number of nitrogens with zero attached hydrogens (tertiary/aromatic N) is 2. The summed E-state index contributed by atoms with van der Waals surface area (Å²) in [7, 11) is 0. The zero-order valence-electron chi connectivity index (χ0n) is 12.8. The number of aryl methyl sites for hydroxylation is 1. The van der Waals surface area contributed by atoms with E-state index in [1.807, 2.05) is 0 Å². The molecule has 1 aromatic heterocycles. The van der Waals surface area contributed by atoms with Crippen LogP contribution in [0.1, 0.15) is 28.3 Å².